The number of aromatic amines is 1. The van der Waals surface area contributed by atoms with Gasteiger partial charge in [0.05, 0.1) is 11.9 Å². The first-order valence-corrected chi connectivity index (χ1v) is 8.84. The molecule has 0 aliphatic heterocycles. The van der Waals surface area contributed by atoms with E-state index in [4.69, 9.17) is 5.73 Å². The topological polar surface area (TPSA) is 88.0 Å². The van der Waals surface area contributed by atoms with E-state index in [2.05, 4.69) is 10.3 Å². The maximum absolute atomic E-state index is 11.9. The summed E-state index contributed by atoms with van der Waals surface area (Å²) < 4.78 is 0. The van der Waals surface area contributed by atoms with Crippen LogP contribution in [0, 0.1) is 13.8 Å². The largest absolute Gasteiger partial charge is 0.369 e. The average molecular weight is 361 g/mol. The molecule has 1 aromatic heterocycles. The van der Waals surface area contributed by atoms with Crippen LogP contribution in [-0.2, 0) is 16.0 Å². The number of primary amides is 1. The molecule has 0 radical (unpaired) electrons. The van der Waals surface area contributed by atoms with Gasteiger partial charge in [0.1, 0.15) is 0 Å². The molecule has 0 atom stereocenters. The van der Waals surface area contributed by atoms with Gasteiger partial charge in [-0.25, -0.2) is 0 Å². The van der Waals surface area contributed by atoms with Crippen molar-refractivity contribution in [3.63, 3.8) is 0 Å². The van der Waals surface area contributed by atoms with E-state index in [9.17, 15) is 9.59 Å². The number of carbonyl (C=O) groups is 2. The van der Waals surface area contributed by atoms with Crippen molar-refractivity contribution >= 4 is 28.4 Å². The van der Waals surface area contributed by atoms with Gasteiger partial charge in [-0.2, -0.15) is 0 Å². The molecule has 0 fully saturated rings. The molecule has 138 valence electrons. The van der Waals surface area contributed by atoms with Gasteiger partial charge < -0.3 is 16.0 Å². The van der Waals surface area contributed by atoms with E-state index in [-0.39, 0.29) is 18.2 Å². The highest BCUT2D eigenvalue weighted by Gasteiger charge is 2.15. The summed E-state index contributed by atoms with van der Waals surface area (Å²) in [7, 11) is 0. The quantitative estimate of drug-likeness (QED) is 0.600. The average Bonchev–Trinajstić information content (AvgIpc) is 3.00. The van der Waals surface area contributed by atoms with Crippen molar-refractivity contribution in [3.8, 4) is 11.1 Å². The summed E-state index contributed by atoms with van der Waals surface area (Å²) in [6.07, 6.45) is 5.33. The zero-order valence-electron chi connectivity index (χ0n) is 15.7. The van der Waals surface area contributed by atoms with E-state index in [0.29, 0.717) is 0 Å². The van der Waals surface area contributed by atoms with Gasteiger partial charge in [-0.3, -0.25) is 9.59 Å². The third-order valence-corrected chi connectivity index (χ3v) is 4.68. The highest BCUT2D eigenvalue weighted by Crippen LogP contribution is 2.36. The fourth-order valence-electron chi connectivity index (χ4n) is 3.42. The normalized spacial score (nSPS) is 11.2. The lowest BCUT2D eigenvalue weighted by Gasteiger charge is -2.14. The van der Waals surface area contributed by atoms with Crippen LogP contribution < -0.4 is 11.1 Å². The Bertz CT molecular complexity index is 1060. The number of hydrogen-bond donors (Lipinski definition) is 3. The number of aromatic nitrogens is 1. The molecule has 0 spiro atoms. The van der Waals surface area contributed by atoms with E-state index in [0.717, 1.165) is 44.4 Å². The highest BCUT2D eigenvalue weighted by atomic mass is 16.1. The van der Waals surface area contributed by atoms with Gasteiger partial charge in [0, 0.05) is 17.3 Å². The summed E-state index contributed by atoms with van der Waals surface area (Å²) in [5, 5.41) is 3.98. The highest BCUT2D eigenvalue weighted by molar-refractivity contribution is 6.03. The molecular formula is C22H23N3O2. The molecule has 3 rings (SSSR count). The number of hydrogen-bond acceptors (Lipinski definition) is 2. The number of amides is 2. The molecule has 0 saturated heterocycles. The number of anilines is 1. The Morgan fingerprint density at radius 2 is 1.93 bits per heavy atom. The first-order chi connectivity index (χ1) is 12.9. The van der Waals surface area contributed by atoms with Crippen molar-refractivity contribution in [2.45, 2.75) is 27.2 Å². The Morgan fingerprint density at radius 1 is 1.15 bits per heavy atom. The van der Waals surface area contributed by atoms with Crippen molar-refractivity contribution in [1.82, 2.24) is 4.98 Å². The van der Waals surface area contributed by atoms with E-state index in [1.807, 2.05) is 57.3 Å². The van der Waals surface area contributed by atoms with Gasteiger partial charge in [0.25, 0.3) is 0 Å². The van der Waals surface area contributed by atoms with Crippen LogP contribution in [0.4, 0.5) is 5.69 Å². The third-order valence-electron chi connectivity index (χ3n) is 4.68. The summed E-state index contributed by atoms with van der Waals surface area (Å²) in [6.45, 7) is 5.83. The second-order valence-electron chi connectivity index (χ2n) is 6.60. The number of nitrogens with one attached hydrogen (secondary N) is 2. The minimum Gasteiger partial charge on any atom is -0.369 e. The van der Waals surface area contributed by atoms with Crippen LogP contribution in [0.3, 0.4) is 0 Å². The van der Waals surface area contributed by atoms with Crippen LogP contribution in [0.2, 0.25) is 0 Å². The number of H-pyrrole nitrogens is 1. The predicted octanol–water partition coefficient (Wildman–Crippen LogP) is 3.99. The van der Waals surface area contributed by atoms with Gasteiger partial charge >= 0.3 is 0 Å². The number of fused-ring (bicyclic) bond motifs is 1. The lowest BCUT2D eigenvalue weighted by Crippen LogP contribution is -2.14. The van der Waals surface area contributed by atoms with Gasteiger partial charge in [0.15, 0.2) is 0 Å². The Kier molecular flexibility index (Phi) is 5.12. The summed E-state index contributed by atoms with van der Waals surface area (Å²) in [4.78, 5) is 26.6. The zero-order valence-corrected chi connectivity index (χ0v) is 15.7. The maximum Gasteiger partial charge on any atom is 0.248 e. The van der Waals surface area contributed by atoms with E-state index in [1.165, 1.54) is 6.08 Å². The van der Waals surface area contributed by atoms with Crippen molar-refractivity contribution in [2.75, 3.05) is 5.32 Å². The van der Waals surface area contributed by atoms with E-state index < -0.39 is 0 Å². The second-order valence-corrected chi connectivity index (χ2v) is 6.60. The SMILES string of the molecule is C/C=C/C(=O)Nc1cccc(-c2ccc(CC(N)=O)c3[nH]cc(C)c23)c1C. The number of benzene rings is 2. The Morgan fingerprint density at radius 3 is 2.63 bits per heavy atom. The first-order valence-electron chi connectivity index (χ1n) is 8.84. The molecule has 0 unspecified atom stereocenters. The monoisotopic (exact) mass is 361 g/mol. The minimum atomic E-state index is -0.360. The molecule has 2 aromatic carbocycles. The van der Waals surface area contributed by atoms with Gasteiger partial charge in [0.2, 0.25) is 11.8 Å². The Hall–Kier alpha value is -3.34. The number of nitrogens with two attached hydrogens (primary N) is 1. The molecule has 5 nitrogen and oxygen atoms in total. The molecule has 5 heteroatoms. The number of rotatable bonds is 5. The lowest BCUT2D eigenvalue weighted by molar-refractivity contribution is -0.117. The zero-order chi connectivity index (χ0) is 19.6. The smallest absolute Gasteiger partial charge is 0.248 e. The molecule has 1 heterocycles. The Balaban J connectivity index is 2.15. The standard InChI is InChI=1S/C22H23N3O2/c1-4-6-20(27)25-18-8-5-7-16(14(18)3)17-10-9-15(11-19(23)26)22-21(17)13(2)12-24-22/h4-10,12,24H,11H2,1-3H3,(H2,23,26)(H,25,27)/b6-4+. The third kappa shape index (κ3) is 3.62. The summed E-state index contributed by atoms with van der Waals surface area (Å²) in [6, 6.07) is 9.81. The molecule has 0 bridgehead atoms. The van der Waals surface area contributed by atoms with Crippen molar-refractivity contribution < 1.29 is 9.59 Å². The van der Waals surface area contributed by atoms with Crippen LogP contribution in [0.1, 0.15) is 23.6 Å². The predicted molar refractivity (Wildman–Crippen MR) is 110 cm³/mol. The molecule has 4 N–H and O–H groups in total. The van der Waals surface area contributed by atoms with E-state index >= 15 is 0 Å². The number of carbonyl (C=O) groups excluding carboxylic acids is 2. The molecular weight excluding hydrogens is 338 g/mol. The molecule has 0 aliphatic rings. The summed E-state index contributed by atoms with van der Waals surface area (Å²) >= 11 is 0. The van der Waals surface area contributed by atoms with Crippen molar-refractivity contribution in [3.05, 3.63) is 65.4 Å². The van der Waals surface area contributed by atoms with Crippen LogP contribution in [0.25, 0.3) is 22.0 Å². The van der Waals surface area contributed by atoms with Crippen LogP contribution in [0.5, 0.6) is 0 Å². The van der Waals surface area contributed by atoms with Crippen molar-refractivity contribution in [1.29, 1.82) is 0 Å². The Labute approximate surface area is 158 Å². The van der Waals surface area contributed by atoms with Gasteiger partial charge in [-0.1, -0.05) is 30.3 Å². The van der Waals surface area contributed by atoms with Crippen molar-refractivity contribution in [2.24, 2.45) is 5.73 Å². The fraction of sp³-hybridized carbons (Fsp3) is 0.182. The van der Waals surface area contributed by atoms with Gasteiger partial charge in [-0.15, -0.1) is 0 Å². The molecule has 0 aliphatic carbocycles. The lowest BCUT2D eigenvalue weighted by atomic mass is 9.93. The minimum absolute atomic E-state index is 0.155. The summed E-state index contributed by atoms with van der Waals surface area (Å²) in [5.41, 5.74) is 12.1. The maximum atomic E-state index is 11.9. The molecule has 0 saturated carbocycles. The van der Waals surface area contributed by atoms with Crippen LogP contribution >= 0.6 is 0 Å². The number of allylic oxidation sites excluding steroid dienone is 1. The van der Waals surface area contributed by atoms with E-state index in [1.54, 1.807) is 6.08 Å². The number of aryl methyl sites for hydroxylation is 1. The summed E-state index contributed by atoms with van der Waals surface area (Å²) in [5.74, 6) is -0.515. The fourth-order valence-corrected chi connectivity index (χ4v) is 3.42. The van der Waals surface area contributed by atoms with Crippen LogP contribution in [0.15, 0.2) is 48.7 Å². The molecule has 2 amide bonds. The van der Waals surface area contributed by atoms with Crippen LogP contribution in [-0.4, -0.2) is 16.8 Å². The molecule has 27 heavy (non-hydrogen) atoms. The second kappa shape index (κ2) is 7.50. The first kappa shape index (κ1) is 18.5. The molecule has 3 aromatic rings. The van der Waals surface area contributed by atoms with Gasteiger partial charge in [-0.05, 0) is 60.7 Å².